The predicted octanol–water partition coefficient (Wildman–Crippen LogP) is 13.9. The second-order valence-corrected chi connectivity index (χ2v) is 16.9. The Hall–Kier alpha value is -5.96. The second kappa shape index (κ2) is 10.8. The fraction of sp³-hybridized carbons (Fsp3) is 0.115. The third-order valence-electron chi connectivity index (χ3n) is 13.0. The molecule has 0 unspecified atom stereocenters. The zero-order chi connectivity index (χ0) is 35.8. The number of allylic oxidation sites excluding steroid dienone is 4. The van der Waals surface area contributed by atoms with E-state index in [9.17, 15) is 0 Å². The van der Waals surface area contributed by atoms with E-state index in [1.54, 1.807) is 0 Å². The molecule has 0 saturated carbocycles. The Balaban J connectivity index is 1.24. The van der Waals surface area contributed by atoms with Crippen molar-refractivity contribution in [3.63, 3.8) is 0 Å². The quantitative estimate of drug-likeness (QED) is 0.172. The van der Waals surface area contributed by atoms with Gasteiger partial charge in [0.15, 0.2) is 0 Å². The molecule has 0 bridgehead atoms. The molecule has 0 atom stereocenters. The van der Waals surface area contributed by atoms with Gasteiger partial charge in [0.05, 0.1) is 21.1 Å². The first-order valence-corrected chi connectivity index (χ1v) is 20.1. The van der Waals surface area contributed by atoms with E-state index in [0.717, 1.165) is 12.8 Å². The standard InChI is InChI=1S/C52H37NS/c1-51(2)40-25-13-10-22-37(40)45-46-39-24-12-16-28-44(39)54-50(46)49-47(48(45)51)38-23-11-15-27-43(38)53(49)34-29-30-36-35-21-9-14-26-41(35)52(42(36)31-34,32-17-5-3-6-18-32)33-19-7-4-8-20-33/h3-28,31H,29-30H2,1-2H3. The van der Waals surface area contributed by atoms with Gasteiger partial charge < -0.3 is 4.57 Å². The van der Waals surface area contributed by atoms with Gasteiger partial charge >= 0.3 is 0 Å². The lowest BCUT2D eigenvalue weighted by Gasteiger charge is -2.36. The number of rotatable bonds is 3. The van der Waals surface area contributed by atoms with E-state index in [4.69, 9.17) is 0 Å². The largest absolute Gasteiger partial charge is 0.312 e. The van der Waals surface area contributed by atoms with Crippen LogP contribution in [0.15, 0.2) is 169 Å². The summed E-state index contributed by atoms with van der Waals surface area (Å²) < 4.78 is 5.43. The van der Waals surface area contributed by atoms with E-state index < -0.39 is 5.41 Å². The molecule has 3 aliphatic carbocycles. The fourth-order valence-electron chi connectivity index (χ4n) is 10.9. The minimum atomic E-state index is -0.420. The highest BCUT2D eigenvalue weighted by molar-refractivity contribution is 7.26. The van der Waals surface area contributed by atoms with Gasteiger partial charge in [-0.2, -0.15) is 0 Å². The maximum atomic E-state index is 2.69. The first-order valence-electron chi connectivity index (χ1n) is 19.2. The van der Waals surface area contributed by atoms with Crippen LogP contribution in [0.2, 0.25) is 0 Å². The molecule has 0 fully saturated rings. The molecule has 0 aliphatic heterocycles. The summed E-state index contributed by atoms with van der Waals surface area (Å²) >= 11 is 1.97. The van der Waals surface area contributed by atoms with Crippen molar-refractivity contribution in [3.8, 4) is 11.1 Å². The number of para-hydroxylation sites is 1. The molecule has 3 aliphatic rings. The molecular weight excluding hydrogens is 671 g/mol. The van der Waals surface area contributed by atoms with Gasteiger partial charge in [0, 0.05) is 37.4 Å². The number of aromatic nitrogens is 1. The molecule has 0 saturated heterocycles. The number of thiophene rings is 1. The van der Waals surface area contributed by atoms with E-state index in [2.05, 4.69) is 182 Å². The minimum absolute atomic E-state index is 0.157. The monoisotopic (exact) mass is 707 g/mol. The van der Waals surface area contributed by atoms with E-state index >= 15 is 0 Å². The van der Waals surface area contributed by atoms with Gasteiger partial charge in [-0.3, -0.25) is 0 Å². The lowest BCUT2D eigenvalue weighted by molar-refractivity contribution is 0.667. The van der Waals surface area contributed by atoms with Gasteiger partial charge in [0.2, 0.25) is 0 Å². The average Bonchev–Trinajstić information content (AvgIpc) is 3.93. The van der Waals surface area contributed by atoms with Crippen molar-refractivity contribution in [1.29, 1.82) is 0 Å². The zero-order valence-electron chi connectivity index (χ0n) is 30.4. The molecule has 256 valence electrons. The summed E-state index contributed by atoms with van der Waals surface area (Å²) in [6, 6.07) is 59.2. The van der Waals surface area contributed by atoms with Crippen LogP contribution in [-0.2, 0) is 10.8 Å². The number of benzene rings is 7. The van der Waals surface area contributed by atoms with E-state index in [1.807, 2.05) is 11.3 Å². The molecule has 0 N–H and O–H groups in total. The SMILES string of the molecule is CC1(C)c2ccccc2-c2c1c1c3ccccc3n(C3=CC4=C(CC3)c3ccccc3C4(c3ccccc3)c3ccccc3)c1c1sc3ccccc3c21. The molecule has 9 aromatic rings. The van der Waals surface area contributed by atoms with Crippen LogP contribution in [0.1, 0.15) is 60.1 Å². The smallest absolute Gasteiger partial charge is 0.0720 e. The van der Waals surface area contributed by atoms with E-state index in [-0.39, 0.29) is 5.41 Å². The first-order chi connectivity index (χ1) is 26.6. The van der Waals surface area contributed by atoms with Gasteiger partial charge in [-0.05, 0) is 86.7 Å². The Morgan fingerprint density at radius 3 is 1.93 bits per heavy atom. The Kier molecular flexibility index (Phi) is 6.10. The van der Waals surface area contributed by atoms with Crippen molar-refractivity contribution in [2.45, 2.75) is 37.5 Å². The highest BCUT2D eigenvalue weighted by Gasteiger charge is 2.48. The number of fused-ring (bicyclic) bond motifs is 14. The van der Waals surface area contributed by atoms with Crippen molar-refractivity contribution >= 4 is 64.6 Å². The van der Waals surface area contributed by atoms with Gasteiger partial charge in [-0.15, -0.1) is 11.3 Å². The first kappa shape index (κ1) is 30.5. The lowest BCUT2D eigenvalue weighted by atomic mass is 9.66. The zero-order valence-corrected chi connectivity index (χ0v) is 31.2. The summed E-state index contributed by atoms with van der Waals surface area (Å²) in [6.45, 7) is 4.90. The normalized spacial score (nSPS) is 16.5. The fourth-order valence-corrected chi connectivity index (χ4v) is 12.1. The maximum absolute atomic E-state index is 2.69. The van der Waals surface area contributed by atoms with Crippen LogP contribution in [-0.4, -0.2) is 4.57 Å². The topological polar surface area (TPSA) is 4.93 Å². The highest BCUT2D eigenvalue weighted by atomic mass is 32.1. The van der Waals surface area contributed by atoms with Crippen molar-refractivity contribution in [2.75, 3.05) is 0 Å². The summed E-state index contributed by atoms with van der Waals surface area (Å²) in [4.78, 5) is 0. The molecule has 54 heavy (non-hydrogen) atoms. The van der Waals surface area contributed by atoms with Gasteiger partial charge in [-0.25, -0.2) is 0 Å². The van der Waals surface area contributed by atoms with Crippen LogP contribution in [0.25, 0.3) is 64.4 Å². The number of nitrogens with zero attached hydrogens (tertiary/aromatic N) is 1. The van der Waals surface area contributed by atoms with E-state index in [0.29, 0.717) is 0 Å². The molecule has 0 radical (unpaired) electrons. The van der Waals surface area contributed by atoms with Crippen LogP contribution in [0, 0.1) is 0 Å². The summed E-state index contributed by atoms with van der Waals surface area (Å²) in [7, 11) is 0. The van der Waals surface area contributed by atoms with Crippen molar-refractivity contribution < 1.29 is 0 Å². The third-order valence-corrected chi connectivity index (χ3v) is 14.1. The molecule has 0 spiro atoms. The van der Waals surface area contributed by atoms with Gasteiger partial charge in [0.1, 0.15) is 0 Å². The molecule has 2 aromatic heterocycles. The van der Waals surface area contributed by atoms with Crippen LogP contribution < -0.4 is 0 Å². The van der Waals surface area contributed by atoms with Crippen LogP contribution in [0.5, 0.6) is 0 Å². The van der Waals surface area contributed by atoms with Gasteiger partial charge in [0.25, 0.3) is 0 Å². The molecular formula is C52H37NS. The Morgan fingerprint density at radius 1 is 0.556 bits per heavy atom. The number of hydrogen-bond acceptors (Lipinski definition) is 1. The highest BCUT2D eigenvalue weighted by Crippen LogP contribution is 2.61. The van der Waals surface area contributed by atoms with Crippen molar-refractivity contribution in [1.82, 2.24) is 4.57 Å². The molecule has 1 nitrogen and oxygen atoms in total. The summed E-state index contributed by atoms with van der Waals surface area (Å²) in [5.41, 5.74) is 17.5. The predicted molar refractivity (Wildman–Crippen MR) is 230 cm³/mol. The molecule has 2 heterocycles. The van der Waals surface area contributed by atoms with Crippen molar-refractivity contribution in [2.24, 2.45) is 0 Å². The van der Waals surface area contributed by atoms with Gasteiger partial charge in [-0.1, -0.05) is 159 Å². The summed E-state index contributed by atoms with van der Waals surface area (Å²) in [5.74, 6) is 0. The van der Waals surface area contributed by atoms with Crippen LogP contribution >= 0.6 is 11.3 Å². The Labute approximate surface area is 319 Å². The lowest BCUT2D eigenvalue weighted by Crippen LogP contribution is -2.30. The second-order valence-electron chi connectivity index (χ2n) is 15.9. The van der Waals surface area contributed by atoms with Crippen LogP contribution in [0.3, 0.4) is 0 Å². The average molecular weight is 708 g/mol. The van der Waals surface area contributed by atoms with Crippen LogP contribution in [0.4, 0.5) is 0 Å². The Morgan fingerprint density at radius 2 is 1.17 bits per heavy atom. The number of hydrogen-bond donors (Lipinski definition) is 0. The summed E-state index contributed by atoms with van der Waals surface area (Å²) in [5, 5.41) is 5.53. The summed E-state index contributed by atoms with van der Waals surface area (Å²) in [6.07, 6.45) is 4.57. The van der Waals surface area contributed by atoms with E-state index in [1.165, 1.54) is 103 Å². The molecule has 12 rings (SSSR count). The molecule has 2 heteroatoms. The molecule has 7 aromatic carbocycles. The minimum Gasteiger partial charge on any atom is -0.312 e. The van der Waals surface area contributed by atoms with Crippen molar-refractivity contribution in [3.05, 3.63) is 203 Å². The maximum Gasteiger partial charge on any atom is 0.0720 e. The Bertz CT molecular complexity index is 3070. The third kappa shape index (κ3) is 3.69. The molecule has 0 amide bonds.